The molecule has 4 nitrogen and oxygen atoms in total. The van der Waals surface area contributed by atoms with Crippen molar-refractivity contribution in [3.8, 4) is 0 Å². The van der Waals surface area contributed by atoms with E-state index in [1.807, 2.05) is 0 Å². The second-order valence-electron chi connectivity index (χ2n) is 2.26. The van der Waals surface area contributed by atoms with E-state index in [1.165, 1.54) is 6.07 Å². The van der Waals surface area contributed by atoms with Gasteiger partial charge in [0.05, 0.1) is 6.42 Å². The Morgan fingerprint density at radius 2 is 2.33 bits per heavy atom. The van der Waals surface area contributed by atoms with Gasteiger partial charge < -0.3 is 14.6 Å². The van der Waals surface area contributed by atoms with Crippen molar-refractivity contribution < 1.29 is 19.4 Å². The fourth-order valence-corrected chi connectivity index (χ4v) is 1.09. The SMILES string of the molecule is O=C(O)C[C@H](O)c1ccc(Br)o1. The Bertz CT molecular complexity index is 281. The summed E-state index contributed by atoms with van der Waals surface area (Å²) in [7, 11) is 0. The smallest absolute Gasteiger partial charge is 0.306 e. The van der Waals surface area contributed by atoms with E-state index in [2.05, 4.69) is 15.9 Å². The lowest BCUT2D eigenvalue weighted by atomic mass is 10.2. The maximum atomic E-state index is 10.2. The van der Waals surface area contributed by atoms with Crippen LogP contribution in [0.4, 0.5) is 0 Å². The summed E-state index contributed by atoms with van der Waals surface area (Å²) in [5.74, 6) is -0.806. The van der Waals surface area contributed by atoms with E-state index in [0.29, 0.717) is 4.67 Å². The van der Waals surface area contributed by atoms with E-state index >= 15 is 0 Å². The molecule has 0 amide bonds. The average Bonchev–Trinajstić information content (AvgIpc) is 2.34. The van der Waals surface area contributed by atoms with Crippen LogP contribution in [0.15, 0.2) is 21.2 Å². The van der Waals surface area contributed by atoms with Crippen LogP contribution in [0, 0.1) is 0 Å². The van der Waals surface area contributed by atoms with Crippen molar-refractivity contribution in [1.82, 2.24) is 0 Å². The van der Waals surface area contributed by atoms with Crippen LogP contribution >= 0.6 is 15.9 Å². The summed E-state index contributed by atoms with van der Waals surface area (Å²) < 4.78 is 5.42. The number of carbonyl (C=O) groups is 1. The third-order valence-electron chi connectivity index (χ3n) is 1.29. The van der Waals surface area contributed by atoms with Crippen molar-refractivity contribution >= 4 is 21.9 Å². The lowest BCUT2D eigenvalue weighted by Crippen LogP contribution is -2.04. The molecule has 0 saturated carbocycles. The third-order valence-corrected chi connectivity index (χ3v) is 1.72. The van der Waals surface area contributed by atoms with E-state index in [4.69, 9.17) is 9.52 Å². The highest BCUT2D eigenvalue weighted by molar-refractivity contribution is 9.10. The first-order valence-corrected chi connectivity index (χ1v) is 4.04. The summed E-state index contributed by atoms with van der Waals surface area (Å²) in [5.41, 5.74) is 0. The molecule has 0 aromatic carbocycles. The molecule has 1 rings (SSSR count). The first kappa shape index (κ1) is 9.28. The molecule has 0 fully saturated rings. The van der Waals surface area contributed by atoms with Crippen LogP contribution in [0.25, 0.3) is 0 Å². The van der Waals surface area contributed by atoms with Gasteiger partial charge in [-0.2, -0.15) is 0 Å². The molecule has 0 aliphatic carbocycles. The summed E-state index contributed by atoms with van der Waals surface area (Å²) in [6.07, 6.45) is -1.42. The van der Waals surface area contributed by atoms with Crippen molar-refractivity contribution in [2.75, 3.05) is 0 Å². The minimum atomic E-state index is -1.08. The molecule has 66 valence electrons. The van der Waals surface area contributed by atoms with Crippen molar-refractivity contribution in [3.05, 3.63) is 22.6 Å². The Kier molecular flexibility index (Phi) is 2.88. The van der Waals surface area contributed by atoms with E-state index in [0.717, 1.165) is 0 Å². The topological polar surface area (TPSA) is 70.7 Å². The molecule has 1 aromatic rings. The number of carboxylic acid groups (broad SMARTS) is 1. The summed E-state index contributed by atoms with van der Waals surface area (Å²) in [6, 6.07) is 3.12. The molecule has 0 aliphatic rings. The normalized spacial score (nSPS) is 12.8. The zero-order valence-electron chi connectivity index (χ0n) is 6.03. The highest BCUT2D eigenvalue weighted by atomic mass is 79.9. The van der Waals surface area contributed by atoms with Gasteiger partial charge >= 0.3 is 5.97 Å². The van der Waals surface area contributed by atoms with Gasteiger partial charge in [0.2, 0.25) is 0 Å². The van der Waals surface area contributed by atoms with E-state index in [9.17, 15) is 9.90 Å². The minimum absolute atomic E-state index is 0.254. The van der Waals surface area contributed by atoms with Gasteiger partial charge in [0.1, 0.15) is 11.9 Å². The Morgan fingerprint density at radius 1 is 1.67 bits per heavy atom. The number of carboxylic acids is 1. The summed E-state index contributed by atoms with van der Waals surface area (Å²) >= 11 is 3.04. The fourth-order valence-electron chi connectivity index (χ4n) is 0.773. The van der Waals surface area contributed by atoms with Crippen molar-refractivity contribution in [3.63, 3.8) is 0 Å². The predicted octanol–water partition coefficient (Wildman–Crippen LogP) is 1.55. The molecule has 0 saturated heterocycles. The highest BCUT2D eigenvalue weighted by Gasteiger charge is 2.15. The van der Waals surface area contributed by atoms with Crippen LogP contribution in [0.1, 0.15) is 18.3 Å². The number of aliphatic hydroxyl groups excluding tert-OH is 1. The minimum Gasteiger partial charge on any atom is -0.481 e. The predicted molar refractivity (Wildman–Crippen MR) is 43.6 cm³/mol. The van der Waals surface area contributed by atoms with Gasteiger partial charge in [0.15, 0.2) is 4.67 Å². The molecule has 12 heavy (non-hydrogen) atoms. The maximum absolute atomic E-state index is 10.2. The average molecular weight is 235 g/mol. The van der Waals surface area contributed by atoms with Crippen LogP contribution in [-0.4, -0.2) is 16.2 Å². The first-order chi connectivity index (χ1) is 5.59. The Labute approximate surface area is 76.9 Å². The first-order valence-electron chi connectivity index (χ1n) is 3.24. The molecule has 1 atom stereocenters. The van der Waals surface area contributed by atoms with Gasteiger partial charge in [-0.1, -0.05) is 0 Å². The van der Waals surface area contributed by atoms with Crippen molar-refractivity contribution in [2.45, 2.75) is 12.5 Å². The van der Waals surface area contributed by atoms with Gasteiger partial charge in [0, 0.05) is 0 Å². The molecule has 0 unspecified atom stereocenters. The molecule has 0 aliphatic heterocycles. The number of hydrogen-bond donors (Lipinski definition) is 2. The standard InChI is InChI=1S/C7H7BrO4/c8-6-2-1-5(12-6)4(9)3-7(10)11/h1-2,4,9H,3H2,(H,10,11)/t4-/m0/s1. The van der Waals surface area contributed by atoms with Gasteiger partial charge in [-0.3, -0.25) is 4.79 Å². The van der Waals surface area contributed by atoms with Crippen LogP contribution < -0.4 is 0 Å². The Morgan fingerprint density at radius 3 is 2.75 bits per heavy atom. The van der Waals surface area contributed by atoms with Crippen LogP contribution in [0.2, 0.25) is 0 Å². The van der Waals surface area contributed by atoms with Gasteiger partial charge in [-0.15, -0.1) is 0 Å². The van der Waals surface area contributed by atoms with E-state index in [-0.39, 0.29) is 12.2 Å². The van der Waals surface area contributed by atoms with Crippen LogP contribution in [-0.2, 0) is 4.79 Å². The molecule has 0 bridgehead atoms. The zero-order valence-corrected chi connectivity index (χ0v) is 7.61. The molecule has 0 radical (unpaired) electrons. The fraction of sp³-hybridized carbons (Fsp3) is 0.286. The number of aliphatic carboxylic acids is 1. The zero-order chi connectivity index (χ0) is 9.14. The Hall–Kier alpha value is -0.810. The van der Waals surface area contributed by atoms with Gasteiger partial charge in [-0.25, -0.2) is 0 Å². The summed E-state index contributed by atoms with van der Waals surface area (Å²) in [5, 5.41) is 17.5. The molecule has 1 aromatic heterocycles. The van der Waals surface area contributed by atoms with E-state index in [1.54, 1.807) is 6.07 Å². The molecule has 5 heteroatoms. The number of hydrogen-bond acceptors (Lipinski definition) is 3. The van der Waals surface area contributed by atoms with Gasteiger partial charge in [-0.05, 0) is 28.1 Å². The monoisotopic (exact) mass is 234 g/mol. The highest BCUT2D eigenvalue weighted by Crippen LogP contribution is 2.22. The van der Waals surface area contributed by atoms with Gasteiger partial charge in [0.25, 0.3) is 0 Å². The van der Waals surface area contributed by atoms with Crippen molar-refractivity contribution in [1.29, 1.82) is 0 Å². The van der Waals surface area contributed by atoms with Crippen molar-refractivity contribution in [2.24, 2.45) is 0 Å². The second-order valence-corrected chi connectivity index (χ2v) is 3.04. The lowest BCUT2D eigenvalue weighted by molar-refractivity contribution is -0.139. The molecule has 0 spiro atoms. The Balaban J connectivity index is 2.64. The summed E-state index contributed by atoms with van der Waals surface area (Å²) in [4.78, 5) is 10.2. The van der Waals surface area contributed by atoms with E-state index < -0.39 is 12.1 Å². The molecule has 2 N–H and O–H groups in total. The van der Waals surface area contributed by atoms with Crippen LogP contribution in [0.5, 0.6) is 0 Å². The molecular weight excluding hydrogens is 228 g/mol. The number of aliphatic hydroxyl groups is 1. The molecular formula is C7H7BrO4. The second kappa shape index (κ2) is 3.73. The lowest BCUT2D eigenvalue weighted by Gasteiger charge is -2.02. The molecule has 1 heterocycles. The number of furan rings is 1. The third kappa shape index (κ3) is 2.35. The number of halogens is 1. The quantitative estimate of drug-likeness (QED) is 0.833. The largest absolute Gasteiger partial charge is 0.481 e. The van der Waals surface area contributed by atoms with Crippen LogP contribution in [0.3, 0.4) is 0 Å². The summed E-state index contributed by atoms with van der Waals surface area (Å²) in [6.45, 7) is 0. The number of rotatable bonds is 3. The maximum Gasteiger partial charge on any atom is 0.306 e.